The van der Waals surface area contributed by atoms with E-state index < -0.39 is 0 Å². The number of hydrogen-bond acceptors (Lipinski definition) is 13. The number of carbonyl (C=O) groups is 1. The van der Waals surface area contributed by atoms with Gasteiger partial charge in [0.2, 0.25) is 0 Å². The lowest BCUT2D eigenvalue weighted by molar-refractivity contribution is -0.0257. The van der Waals surface area contributed by atoms with Crippen LogP contribution >= 0.6 is 0 Å². The summed E-state index contributed by atoms with van der Waals surface area (Å²) in [7, 11) is 0. The van der Waals surface area contributed by atoms with Gasteiger partial charge in [-0.1, -0.05) is 0 Å². The maximum absolute atomic E-state index is 10.6. The Hall–Kier alpha value is -2.85. The zero-order valence-corrected chi connectivity index (χ0v) is 26.8. The number of nitrogens with two attached hydrogens (primary N) is 1. The number of anilines is 1. The lowest BCUT2D eigenvalue weighted by Crippen LogP contribution is -2.15. The van der Waals surface area contributed by atoms with Crippen molar-refractivity contribution >= 4 is 12.0 Å². The van der Waals surface area contributed by atoms with Crippen LogP contribution in [0.2, 0.25) is 0 Å². The van der Waals surface area contributed by atoms with Gasteiger partial charge in [0.25, 0.3) is 0 Å². The van der Waals surface area contributed by atoms with E-state index in [2.05, 4.69) is 0 Å². The van der Waals surface area contributed by atoms with Gasteiger partial charge in [-0.05, 0) is 48.5 Å². The minimum absolute atomic E-state index is 0.430. The third-order valence-corrected chi connectivity index (χ3v) is 5.87. The molecule has 0 radical (unpaired) electrons. The first-order chi connectivity index (χ1) is 22.8. The highest BCUT2D eigenvalue weighted by molar-refractivity contribution is 5.74. The molecule has 2 rings (SSSR count). The number of ether oxygens (including phenoxy) is 11. The molecule has 260 valence electrons. The van der Waals surface area contributed by atoms with Crippen LogP contribution in [-0.2, 0) is 42.6 Å². The summed E-state index contributed by atoms with van der Waals surface area (Å²) in [5.74, 6) is 1.47. The van der Waals surface area contributed by atoms with Gasteiger partial charge in [0.15, 0.2) is 0 Å². The summed E-state index contributed by atoms with van der Waals surface area (Å²) in [6, 6.07) is 14.2. The number of hydrogen-bond donors (Lipinski definition) is 1. The van der Waals surface area contributed by atoms with Gasteiger partial charge in [-0.3, -0.25) is 4.79 Å². The Labute approximate surface area is 272 Å². The molecule has 0 spiro atoms. The summed E-state index contributed by atoms with van der Waals surface area (Å²) >= 11 is 0. The van der Waals surface area contributed by atoms with Crippen LogP contribution in [0.1, 0.15) is 10.4 Å². The van der Waals surface area contributed by atoms with Crippen LogP contribution in [0, 0.1) is 0 Å². The third-order valence-electron chi connectivity index (χ3n) is 5.87. The monoisotopic (exact) mass is 653 g/mol. The highest BCUT2D eigenvalue weighted by atomic mass is 16.6. The molecule has 13 heteroatoms. The molecule has 0 atom stereocenters. The number of aldehydes is 1. The molecule has 0 heterocycles. The van der Waals surface area contributed by atoms with E-state index in [1.54, 1.807) is 36.4 Å². The van der Waals surface area contributed by atoms with Crippen molar-refractivity contribution in [2.75, 3.05) is 138 Å². The van der Waals surface area contributed by atoms with Gasteiger partial charge in [0.1, 0.15) is 31.0 Å². The van der Waals surface area contributed by atoms with E-state index in [9.17, 15) is 4.79 Å². The molecule has 0 bridgehead atoms. The summed E-state index contributed by atoms with van der Waals surface area (Å²) in [6.45, 7) is 9.79. The molecule has 0 aromatic heterocycles. The van der Waals surface area contributed by atoms with E-state index in [1.165, 1.54) is 0 Å². The van der Waals surface area contributed by atoms with Crippen LogP contribution in [0.25, 0.3) is 0 Å². The van der Waals surface area contributed by atoms with Crippen molar-refractivity contribution < 1.29 is 56.9 Å². The average molecular weight is 654 g/mol. The molecule has 0 aliphatic carbocycles. The van der Waals surface area contributed by atoms with Gasteiger partial charge in [-0.2, -0.15) is 0 Å². The molecule has 13 nitrogen and oxygen atoms in total. The molecule has 0 amide bonds. The van der Waals surface area contributed by atoms with Gasteiger partial charge in [-0.15, -0.1) is 0 Å². The van der Waals surface area contributed by atoms with Crippen LogP contribution in [0.4, 0.5) is 5.69 Å². The SMILES string of the molecule is Nc1ccc(OCCOCCOCCOCCOCCOCCOCCOCCOCCOCCOc2ccc(C=O)cc2)cc1. The Kier molecular flexibility index (Phi) is 25.3. The summed E-state index contributed by atoms with van der Waals surface area (Å²) in [4.78, 5) is 10.6. The van der Waals surface area contributed by atoms with Gasteiger partial charge >= 0.3 is 0 Å². The normalized spacial score (nSPS) is 11.1. The van der Waals surface area contributed by atoms with Gasteiger partial charge in [0.05, 0.1) is 119 Å². The first-order valence-corrected chi connectivity index (χ1v) is 15.6. The first kappa shape index (κ1) is 39.3. The Morgan fingerprint density at radius 1 is 0.370 bits per heavy atom. The zero-order valence-electron chi connectivity index (χ0n) is 26.8. The second-order valence-electron chi connectivity index (χ2n) is 9.46. The lowest BCUT2D eigenvalue weighted by atomic mass is 10.2. The van der Waals surface area contributed by atoms with Crippen molar-refractivity contribution in [2.24, 2.45) is 0 Å². The quantitative estimate of drug-likeness (QED) is 0.0685. The van der Waals surface area contributed by atoms with Crippen LogP contribution < -0.4 is 15.2 Å². The molecule has 0 aliphatic rings. The average Bonchev–Trinajstić information content (AvgIpc) is 3.08. The topological polar surface area (TPSA) is 145 Å². The summed E-state index contributed by atoms with van der Waals surface area (Å²) in [6.07, 6.45) is 0.797. The van der Waals surface area contributed by atoms with Crippen molar-refractivity contribution in [3.63, 3.8) is 0 Å². The highest BCUT2D eigenvalue weighted by Crippen LogP contribution is 2.13. The van der Waals surface area contributed by atoms with Gasteiger partial charge in [-0.25, -0.2) is 0 Å². The molecule has 0 aliphatic heterocycles. The van der Waals surface area contributed by atoms with E-state index in [1.807, 2.05) is 12.1 Å². The summed E-state index contributed by atoms with van der Waals surface area (Å²) < 4.78 is 60.3. The predicted molar refractivity (Wildman–Crippen MR) is 171 cm³/mol. The molecule has 0 saturated heterocycles. The second-order valence-corrected chi connectivity index (χ2v) is 9.46. The Morgan fingerprint density at radius 3 is 0.870 bits per heavy atom. The minimum Gasteiger partial charge on any atom is -0.491 e. The number of rotatable bonds is 33. The number of nitrogen functional groups attached to an aromatic ring is 1. The molecular weight excluding hydrogens is 602 g/mol. The maximum atomic E-state index is 10.6. The summed E-state index contributed by atoms with van der Waals surface area (Å²) in [5.41, 5.74) is 6.96. The summed E-state index contributed by atoms with van der Waals surface area (Å²) in [5, 5.41) is 0. The largest absolute Gasteiger partial charge is 0.491 e. The third kappa shape index (κ3) is 23.5. The fraction of sp³-hybridized carbons (Fsp3) is 0.606. The molecule has 0 unspecified atom stereocenters. The van der Waals surface area contributed by atoms with E-state index in [0.29, 0.717) is 149 Å². The van der Waals surface area contributed by atoms with E-state index in [4.69, 9.17) is 57.8 Å². The second kappa shape index (κ2) is 29.5. The van der Waals surface area contributed by atoms with Crippen molar-refractivity contribution in [2.45, 2.75) is 0 Å². The van der Waals surface area contributed by atoms with Crippen LogP contribution in [0.5, 0.6) is 11.5 Å². The standard InChI is InChI=1S/C33H51NO12/c34-31-3-7-33(8-4-31)46-28-26-44-24-22-42-20-18-40-16-14-38-12-10-36-9-11-37-13-15-39-17-19-41-21-23-43-25-27-45-32-5-1-30(29-35)2-6-32/h1-8,29H,9-28,34H2. The van der Waals surface area contributed by atoms with Crippen LogP contribution in [0.3, 0.4) is 0 Å². The first-order valence-electron chi connectivity index (χ1n) is 15.6. The van der Waals surface area contributed by atoms with Crippen LogP contribution in [0.15, 0.2) is 48.5 Å². The van der Waals surface area contributed by atoms with Crippen molar-refractivity contribution in [1.82, 2.24) is 0 Å². The molecular formula is C33H51NO12. The van der Waals surface area contributed by atoms with Crippen LogP contribution in [-0.4, -0.2) is 138 Å². The Morgan fingerprint density at radius 2 is 0.609 bits per heavy atom. The minimum atomic E-state index is 0.430. The van der Waals surface area contributed by atoms with E-state index >= 15 is 0 Å². The maximum Gasteiger partial charge on any atom is 0.150 e. The van der Waals surface area contributed by atoms with Crippen molar-refractivity contribution in [3.8, 4) is 11.5 Å². The molecule has 2 aromatic carbocycles. The number of benzene rings is 2. The van der Waals surface area contributed by atoms with Crippen molar-refractivity contribution in [3.05, 3.63) is 54.1 Å². The number of carbonyl (C=O) groups excluding carboxylic acids is 1. The molecule has 46 heavy (non-hydrogen) atoms. The molecule has 2 N–H and O–H groups in total. The lowest BCUT2D eigenvalue weighted by Gasteiger charge is -2.09. The smallest absolute Gasteiger partial charge is 0.150 e. The Balaban J connectivity index is 1.16. The fourth-order valence-electron chi connectivity index (χ4n) is 3.50. The molecule has 0 saturated carbocycles. The van der Waals surface area contributed by atoms with E-state index in [-0.39, 0.29) is 0 Å². The van der Waals surface area contributed by atoms with Crippen molar-refractivity contribution in [1.29, 1.82) is 0 Å². The molecule has 2 aromatic rings. The van der Waals surface area contributed by atoms with Gasteiger partial charge in [0, 0.05) is 11.3 Å². The van der Waals surface area contributed by atoms with E-state index in [0.717, 1.165) is 12.0 Å². The Bertz CT molecular complexity index is 949. The fourth-order valence-corrected chi connectivity index (χ4v) is 3.50. The highest BCUT2D eigenvalue weighted by Gasteiger charge is 1.98. The predicted octanol–water partition coefficient (Wildman–Crippen LogP) is 2.69. The zero-order chi connectivity index (χ0) is 32.6. The van der Waals surface area contributed by atoms with Gasteiger partial charge < -0.3 is 57.8 Å². The molecule has 0 fully saturated rings.